The van der Waals surface area contributed by atoms with Gasteiger partial charge in [-0.3, -0.25) is 9.59 Å². The molecule has 24 heavy (non-hydrogen) atoms. The van der Waals surface area contributed by atoms with Crippen molar-refractivity contribution in [3.8, 4) is 0 Å². The number of hydrogen-bond donors (Lipinski definition) is 0. The van der Waals surface area contributed by atoms with Crippen LogP contribution in [0.15, 0.2) is 0 Å². The minimum Gasteiger partial charge on any atom is -0.464 e. The summed E-state index contributed by atoms with van der Waals surface area (Å²) in [6.07, 6.45) is -11.2. The lowest BCUT2D eigenvalue weighted by Gasteiger charge is -2.28. The molecule has 0 aromatic carbocycles. The summed E-state index contributed by atoms with van der Waals surface area (Å²) >= 11 is 0. The summed E-state index contributed by atoms with van der Waals surface area (Å²) in [6, 6.07) is 0. The Hall–Kier alpha value is -1.48. The average molecular weight is 366 g/mol. The van der Waals surface area contributed by atoms with Crippen LogP contribution < -0.4 is 0 Å². The molecule has 0 radical (unpaired) electrons. The zero-order valence-electron chi connectivity index (χ0n) is 13.7. The lowest BCUT2D eigenvalue weighted by molar-refractivity contribution is -0.293. The number of halogens is 6. The first-order valence-electron chi connectivity index (χ1n) is 7.12. The van der Waals surface area contributed by atoms with Crippen LogP contribution in [0.25, 0.3) is 0 Å². The van der Waals surface area contributed by atoms with Crippen molar-refractivity contribution >= 4 is 11.9 Å². The smallest absolute Gasteiger partial charge is 0.403 e. The van der Waals surface area contributed by atoms with Gasteiger partial charge in [0.1, 0.15) is 13.2 Å². The van der Waals surface area contributed by atoms with Crippen LogP contribution in [0.4, 0.5) is 26.3 Å². The van der Waals surface area contributed by atoms with Gasteiger partial charge in [0.25, 0.3) is 0 Å². The average Bonchev–Trinajstić information content (AvgIpc) is 2.41. The monoisotopic (exact) mass is 366 g/mol. The van der Waals surface area contributed by atoms with Crippen molar-refractivity contribution in [2.24, 2.45) is 17.3 Å². The molecule has 0 rings (SSSR count). The maximum atomic E-state index is 12.4. The molecule has 0 aliphatic carbocycles. The Labute approximate surface area is 135 Å². The number of esters is 2. The fraction of sp³-hybridized carbons (Fsp3) is 0.857. The van der Waals surface area contributed by atoms with Gasteiger partial charge in [-0.2, -0.15) is 26.3 Å². The Kier molecular flexibility index (Phi) is 7.57. The van der Waals surface area contributed by atoms with Gasteiger partial charge in [-0.05, 0) is 13.3 Å². The van der Waals surface area contributed by atoms with Crippen molar-refractivity contribution < 1.29 is 45.4 Å². The molecule has 0 saturated carbocycles. The van der Waals surface area contributed by atoms with Gasteiger partial charge in [-0.1, -0.05) is 20.8 Å². The highest BCUT2D eigenvalue weighted by molar-refractivity contribution is 5.77. The molecule has 0 aromatic heterocycles. The molecule has 1 unspecified atom stereocenters. The van der Waals surface area contributed by atoms with E-state index in [1.54, 1.807) is 0 Å². The molecular weight excluding hydrogens is 346 g/mol. The summed E-state index contributed by atoms with van der Waals surface area (Å²) in [5.74, 6) is -6.21. The Morgan fingerprint density at radius 3 is 1.75 bits per heavy atom. The second kappa shape index (κ2) is 8.06. The van der Waals surface area contributed by atoms with Crippen LogP contribution in [-0.2, 0) is 19.1 Å². The van der Waals surface area contributed by atoms with Crippen LogP contribution >= 0.6 is 0 Å². The number of rotatable bonds is 7. The van der Waals surface area contributed by atoms with Crippen LogP contribution in [0.2, 0.25) is 0 Å². The standard InChI is InChI=1S/C14H20F6O4/c1-5-12(4,7-24-10(21)8(2)3)11(22)23-6-9(13(15,16)17)14(18,19)20/h8-9H,5-7H2,1-4H3. The van der Waals surface area contributed by atoms with E-state index in [0.717, 1.165) is 0 Å². The van der Waals surface area contributed by atoms with E-state index in [9.17, 15) is 35.9 Å². The molecule has 0 bridgehead atoms. The van der Waals surface area contributed by atoms with Crippen LogP contribution in [-0.4, -0.2) is 37.5 Å². The van der Waals surface area contributed by atoms with Crippen molar-refractivity contribution in [2.45, 2.75) is 46.5 Å². The van der Waals surface area contributed by atoms with E-state index in [2.05, 4.69) is 4.74 Å². The molecule has 10 heteroatoms. The normalized spacial score (nSPS) is 15.3. The molecule has 1 atom stereocenters. The van der Waals surface area contributed by atoms with Gasteiger partial charge < -0.3 is 9.47 Å². The Balaban J connectivity index is 4.94. The predicted molar refractivity (Wildman–Crippen MR) is 70.8 cm³/mol. The molecule has 0 aromatic rings. The Bertz CT molecular complexity index is 430. The molecule has 0 fully saturated rings. The van der Waals surface area contributed by atoms with Gasteiger partial charge in [0.05, 0.1) is 11.3 Å². The summed E-state index contributed by atoms with van der Waals surface area (Å²) < 4.78 is 83.5. The number of hydrogen-bond acceptors (Lipinski definition) is 4. The third kappa shape index (κ3) is 6.56. The van der Waals surface area contributed by atoms with Crippen LogP contribution in [0.5, 0.6) is 0 Å². The maximum Gasteiger partial charge on any atom is 0.403 e. The second-order valence-electron chi connectivity index (χ2n) is 5.91. The van der Waals surface area contributed by atoms with Gasteiger partial charge in [-0.15, -0.1) is 0 Å². The molecular formula is C14H20F6O4. The first-order valence-corrected chi connectivity index (χ1v) is 7.12. The molecule has 4 nitrogen and oxygen atoms in total. The van der Waals surface area contributed by atoms with Gasteiger partial charge in [-0.25, -0.2) is 0 Å². The SMILES string of the molecule is CCC(C)(COC(=O)C(C)C)C(=O)OCC(C(F)(F)F)C(F)(F)F. The lowest BCUT2D eigenvalue weighted by Crippen LogP contribution is -2.42. The molecule has 0 aliphatic heterocycles. The number of alkyl halides is 6. The first-order chi connectivity index (χ1) is 10.6. The highest BCUT2D eigenvalue weighted by Gasteiger charge is 2.57. The van der Waals surface area contributed by atoms with Crippen molar-refractivity contribution in [3.05, 3.63) is 0 Å². The summed E-state index contributed by atoms with van der Waals surface area (Å²) in [5.41, 5.74) is -1.54. The van der Waals surface area contributed by atoms with E-state index in [-0.39, 0.29) is 6.42 Å². The highest BCUT2D eigenvalue weighted by Crippen LogP contribution is 2.39. The summed E-state index contributed by atoms with van der Waals surface area (Å²) in [5, 5.41) is 0. The minimum atomic E-state index is -5.59. The van der Waals surface area contributed by atoms with E-state index in [1.807, 2.05) is 0 Å². The minimum absolute atomic E-state index is 0.0000883. The van der Waals surface area contributed by atoms with Gasteiger partial charge >= 0.3 is 24.3 Å². The molecule has 0 saturated heterocycles. The lowest BCUT2D eigenvalue weighted by atomic mass is 9.88. The van der Waals surface area contributed by atoms with Crippen molar-refractivity contribution in [1.82, 2.24) is 0 Å². The van der Waals surface area contributed by atoms with E-state index >= 15 is 0 Å². The predicted octanol–water partition coefficient (Wildman–Crippen LogP) is 3.89. The van der Waals surface area contributed by atoms with Crippen molar-refractivity contribution in [1.29, 1.82) is 0 Å². The number of ether oxygens (including phenoxy) is 2. The number of carbonyl (C=O) groups excluding carboxylic acids is 2. The van der Waals surface area contributed by atoms with E-state index in [0.29, 0.717) is 0 Å². The maximum absolute atomic E-state index is 12.4. The molecule has 0 spiro atoms. The zero-order chi connectivity index (χ0) is 19.3. The van der Waals surface area contributed by atoms with Gasteiger partial charge in [0, 0.05) is 0 Å². The first kappa shape index (κ1) is 22.5. The summed E-state index contributed by atoms with van der Waals surface area (Å²) in [7, 11) is 0. The number of carbonyl (C=O) groups is 2. The molecule has 0 amide bonds. The fourth-order valence-corrected chi connectivity index (χ4v) is 1.41. The highest BCUT2D eigenvalue weighted by atomic mass is 19.4. The quantitative estimate of drug-likeness (QED) is 0.507. The van der Waals surface area contributed by atoms with E-state index < -0.39 is 54.8 Å². The summed E-state index contributed by atoms with van der Waals surface area (Å²) in [6.45, 7) is 3.39. The molecule has 0 N–H and O–H groups in total. The van der Waals surface area contributed by atoms with Crippen LogP contribution in [0, 0.1) is 17.3 Å². The third-order valence-corrected chi connectivity index (χ3v) is 3.45. The second-order valence-corrected chi connectivity index (χ2v) is 5.91. The Morgan fingerprint density at radius 2 is 1.42 bits per heavy atom. The van der Waals surface area contributed by atoms with Crippen molar-refractivity contribution in [3.63, 3.8) is 0 Å². The third-order valence-electron chi connectivity index (χ3n) is 3.45. The molecule has 0 heterocycles. The Morgan fingerprint density at radius 1 is 0.958 bits per heavy atom. The van der Waals surface area contributed by atoms with Crippen molar-refractivity contribution in [2.75, 3.05) is 13.2 Å². The zero-order valence-corrected chi connectivity index (χ0v) is 13.7. The van der Waals surface area contributed by atoms with E-state index in [4.69, 9.17) is 4.74 Å². The molecule has 0 aliphatic rings. The summed E-state index contributed by atoms with van der Waals surface area (Å²) in [4.78, 5) is 23.3. The largest absolute Gasteiger partial charge is 0.464 e. The van der Waals surface area contributed by atoms with E-state index in [1.165, 1.54) is 27.7 Å². The van der Waals surface area contributed by atoms with Crippen LogP contribution in [0.3, 0.4) is 0 Å². The fourth-order valence-electron chi connectivity index (χ4n) is 1.41. The van der Waals surface area contributed by atoms with Crippen LogP contribution in [0.1, 0.15) is 34.1 Å². The van der Waals surface area contributed by atoms with Gasteiger partial charge in [0.2, 0.25) is 0 Å². The molecule has 142 valence electrons. The van der Waals surface area contributed by atoms with Gasteiger partial charge in [0.15, 0.2) is 5.92 Å². The topological polar surface area (TPSA) is 52.6 Å².